The summed E-state index contributed by atoms with van der Waals surface area (Å²) in [6, 6.07) is 8.19. The highest BCUT2D eigenvalue weighted by molar-refractivity contribution is 8.00. The summed E-state index contributed by atoms with van der Waals surface area (Å²) in [6.45, 7) is 0. The summed E-state index contributed by atoms with van der Waals surface area (Å²) in [5.74, 6) is 0. The molecule has 0 saturated heterocycles. The van der Waals surface area contributed by atoms with E-state index in [0.717, 1.165) is 11.4 Å². The summed E-state index contributed by atoms with van der Waals surface area (Å²) in [5, 5.41) is 0. The topological polar surface area (TPSA) is 24.1 Å². The molecule has 0 amide bonds. The third-order valence-electron chi connectivity index (χ3n) is 1.30. The first-order chi connectivity index (χ1) is 5.86. The van der Waals surface area contributed by atoms with Gasteiger partial charge in [-0.15, -0.1) is 0 Å². The molecule has 0 aliphatic rings. The maximum absolute atomic E-state index is 3.17. The quantitative estimate of drug-likeness (QED) is 0.729. The molecule has 0 heterocycles. The van der Waals surface area contributed by atoms with Crippen LogP contribution in [0.15, 0.2) is 24.3 Å². The van der Waals surface area contributed by atoms with Gasteiger partial charge in [0, 0.05) is 23.9 Å². The lowest BCUT2D eigenvalue weighted by Crippen LogP contribution is -1.87. The lowest BCUT2D eigenvalue weighted by Gasteiger charge is -2.05. The minimum Gasteiger partial charge on any atom is -0.330 e. The molecule has 0 aromatic heterocycles. The number of rotatable bonds is 4. The molecule has 0 radical (unpaired) electrons. The molecule has 1 aromatic rings. The monoisotopic (exact) mass is 200 g/mol. The van der Waals surface area contributed by atoms with E-state index in [1.165, 1.54) is 0 Å². The third-order valence-corrected chi connectivity index (χ3v) is 2.18. The van der Waals surface area contributed by atoms with E-state index in [2.05, 4.69) is 15.5 Å². The second-order valence-corrected chi connectivity index (χ2v) is 3.42. The van der Waals surface area contributed by atoms with E-state index in [4.69, 9.17) is 0 Å². The number of hydrogen-bond acceptors (Lipinski definition) is 4. The highest BCUT2D eigenvalue weighted by Crippen LogP contribution is 2.18. The Morgan fingerprint density at radius 3 is 1.92 bits per heavy atom. The average molecular weight is 200 g/mol. The van der Waals surface area contributed by atoms with E-state index in [0.29, 0.717) is 0 Å². The van der Waals surface area contributed by atoms with Crippen molar-refractivity contribution < 1.29 is 0 Å². The summed E-state index contributed by atoms with van der Waals surface area (Å²) < 4.78 is 6.35. The van der Waals surface area contributed by atoms with Gasteiger partial charge in [-0.3, -0.25) is 0 Å². The largest absolute Gasteiger partial charge is 0.330 e. The number of hydrogen-bond donors (Lipinski definition) is 2. The van der Waals surface area contributed by atoms with Gasteiger partial charge in [-0.05, 0) is 18.2 Å². The smallest absolute Gasteiger partial charge is 0.0460 e. The van der Waals surface area contributed by atoms with E-state index < -0.39 is 0 Å². The summed E-state index contributed by atoms with van der Waals surface area (Å²) in [7, 11) is 0. The van der Waals surface area contributed by atoms with E-state index in [-0.39, 0.29) is 0 Å². The van der Waals surface area contributed by atoms with Crippen LogP contribution in [0.2, 0.25) is 0 Å². The summed E-state index contributed by atoms with van der Waals surface area (Å²) in [6.07, 6.45) is 4.02. The molecule has 2 N–H and O–H groups in total. The Morgan fingerprint density at radius 2 is 1.50 bits per heavy atom. The van der Waals surface area contributed by atoms with Gasteiger partial charge >= 0.3 is 0 Å². The first-order valence-electron chi connectivity index (χ1n) is 3.55. The second kappa shape index (κ2) is 5.22. The fourth-order valence-corrected chi connectivity index (χ4v) is 1.61. The zero-order valence-corrected chi connectivity index (χ0v) is 8.76. The SMILES string of the molecule is CSNc1cccc(NSC)c1. The molecule has 0 fully saturated rings. The number of benzene rings is 1. The Morgan fingerprint density at radius 1 is 1.00 bits per heavy atom. The van der Waals surface area contributed by atoms with Crippen molar-refractivity contribution in [2.45, 2.75) is 0 Å². The van der Waals surface area contributed by atoms with Crippen LogP contribution in [0.5, 0.6) is 0 Å². The Labute approximate surface area is 81.8 Å². The summed E-state index contributed by atoms with van der Waals surface area (Å²) in [4.78, 5) is 0. The van der Waals surface area contributed by atoms with Gasteiger partial charge in [0.1, 0.15) is 0 Å². The van der Waals surface area contributed by atoms with E-state index >= 15 is 0 Å². The molecule has 2 nitrogen and oxygen atoms in total. The van der Waals surface area contributed by atoms with E-state index in [1.54, 1.807) is 23.9 Å². The molecule has 0 spiro atoms. The van der Waals surface area contributed by atoms with Gasteiger partial charge in [0.2, 0.25) is 0 Å². The standard InChI is InChI=1S/C8H12N2S2/c1-11-9-7-4-3-5-8(6-7)10-12-2/h3-6,9-10H,1-2H3. The molecule has 1 aromatic carbocycles. The van der Waals surface area contributed by atoms with Crippen molar-refractivity contribution in [3.63, 3.8) is 0 Å². The van der Waals surface area contributed by atoms with Crippen molar-refractivity contribution in [1.82, 2.24) is 0 Å². The van der Waals surface area contributed by atoms with Crippen molar-refractivity contribution in [1.29, 1.82) is 0 Å². The first-order valence-corrected chi connectivity index (χ1v) is 6.00. The Kier molecular flexibility index (Phi) is 4.18. The van der Waals surface area contributed by atoms with Crippen LogP contribution in [0.4, 0.5) is 11.4 Å². The Hall–Kier alpha value is -0.480. The minimum atomic E-state index is 1.13. The van der Waals surface area contributed by atoms with Crippen molar-refractivity contribution in [2.24, 2.45) is 0 Å². The normalized spacial score (nSPS) is 9.50. The molecular formula is C8H12N2S2. The fourth-order valence-electron chi connectivity index (χ4n) is 0.882. The minimum absolute atomic E-state index is 1.13. The average Bonchev–Trinajstić information content (AvgIpc) is 2.06. The first kappa shape index (κ1) is 9.61. The molecule has 1 rings (SSSR count). The molecule has 0 saturated carbocycles. The molecule has 4 heteroatoms. The van der Waals surface area contributed by atoms with Gasteiger partial charge in [0.15, 0.2) is 0 Å². The number of nitrogens with one attached hydrogen (secondary N) is 2. The van der Waals surface area contributed by atoms with Crippen LogP contribution >= 0.6 is 23.9 Å². The van der Waals surface area contributed by atoms with Crippen LogP contribution in [-0.4, -0.2) is 12.5 Å². The van der Waals surface area contributed by atoms with Gasteiger partial charge in [-0.1, -0.05) is 30.0 Å². The van der Waals surface area contributed by atoms with Crippen molar-refractivity contribution >= 4 is 35.3 Å². The van der Waals surface area contributed by atoms with Gasteiger partial charge in [-0.2, -0.15) is 0 Å². The van der Waals surface area contributed by atoms with Crippen molar-refractivity contribution in [3.8, 4) is 0 Å². The molecule has 0 aliphatic carbocycles. The second-order valence-electron chi connectivity index (χ2n) is 2.19. The molecule has 0 atom stereocenters. The van der Waals surface area contributed by atoms with Crippen LogP contribution in [0.1, 0.15) is 0 Å². The lowest BCUT2D eigenvalue weighted by atomic mass is 10.3. The predicted molar refractivity (Wildman–Crippen MR) is 60.7 cm³/mol. The summed E-state index contributed by atoms with van der Waals surface area (Å²) >= 11 is 3.19. The van der Waals surface area contributed by atoms with Crippen LogP contribution in [0.3, 0.4) is 0 Å². The van der Waals surface area contributed by atoms with Crippen LogP contribution < -0.4 is 9.44 Å². The maximum Gasteiger partial charge on any atom is 0.0460 e. The zero-order chi connectivity index (χ0) is 8.81. The Balaban J connectivity index is 2.67. The molecular weight excluding hydrogens is 188 g/mol. The van der Waals surface area contributed by atoms with Crippen LogP contribution in [0.25, 0.3) is 0 Å². The highest BCUT2D eigenvalue weighted by Gasteiger charge is 1.92. The van der Waals surface area contributed by atoms with Gasteiger partial charge < -0.3 is 9.44 Å². The van der Waals surface area contributed by atoms with Gasteiger partial charge in [0.25, 0.3) is 0 Å². The molecule has 0 aliphatic heterocycles. The van der Waals surface area contributed by atoms with Gasteiger partial charge in [-0.25, -0.2) is 0 Å². The highest BCUT2D eigenvalue weighted by atomic mass is 32.2. The molecule has 66 valence electrons. The van der Waals surface area contributed by atoms with E-state index in [9.17, 15) is 0 Å². The van der Waals surface area contributed by atoms with E-state index in [1.807, 2.05) is 30.7 Å². The van der Waals surface area contributed by atoms with Gasteiger partial charge in [0.05, 0.1) is 0 Å². The zero-order valence-electron chi connectivity index (χ0n) is 7.13. The molecule has 0 unspecified atom stereocenters. The fraction of sp³-hybridized carbons (Fsp3) is 0.250. The van der Waals surface area contributed by atoms with Crippen LogP contribution in [-0.2, 0) is 0 Å². The third kappa shape index (κ3) is 2.87. The maximum atomic E-state index is 3.17. The van der Waals surface area contributed by atoms with Crippen LogP contribution in [0, 0.1) is 0 Å². The predicted octanol–water partition coefficient (Wildman–Crippen LogP) is 3.07. The van der Waals surface area contributed by atoms with Crippen molar-refractivity contribution in [2.75, 3.05) is 22.0 Å². The Bertz CT molecular complexity index is 219. The lowest BCUT2D eigenvalue weighted by molar-refractivity contribution is 1.66. The molecule has 12 heavy (non-hydrogen) atoms. The number of anilines is 2. The van der Waals surface area contributed by atoms with Crippen molar-refractivity contribution in [3.05, 3.63) is 24.3 Å². The summed E-state index contributed by atoms with van der Waals surface area (Å²) in [5.41, 5.74) is 2.25. The molecule has 0 bridgehead atoms.